The molecule has 20 heavy (non-hydrogen) atoms. The lowest BCUT2D eigenvalue weighted by molar-refractivity contribution is 0.175. The van der Waals surface area contributed by atoms with Crippen LogP contribution in [0, 0.1) is 6.92 Å². The Balaban J connectivity index is 2.20. The molecule has 108 valence electrons. The van der Waals surface area contributed by atoms with Crippen LogP contribution in [0.15, 0.2) is 28.7 Å². The molecule has 0 aliphatic carbocycles. The molecule has 0 fully saturated rings. The Labute approximate surface area is 128 Å². The lowest BCUT2D eigenvalue weighted by Crippen LogP contribution is -2.09. The number of rotatable bonds is 5. The summed E-state index contributed by atoms with van der Waals surface area (Å²) >= 11 is 3.57. The van der Waals surface area contributed by atoms with Crippen molar-refractivity contribution in [1.82, 2.24) is 9.78 Å². The highest BCUT2D eigenvalue weighted by Crippen LogP contribution is 2.26. The number of hydrogen-bond acceptors (Lipinski definition) is 2. The lowest BCUT2D eigenvalue weighted by Gasteiger charge is -2.13. The molecule has 0 aliphatic heterocycles. The third-order valence-corrected chi connectivity index (χ3v) is 4.64. The fraction of sp³-hybridized carbons (Fsp3) is 0.438. The standard InChI is InChI=1S/C16H21BrN2O/c1-4-12-6-8-13(9-7-12)15(20)10-14-16(17)11(3)18-19(14)5-2/h6-9,15,20H,4-5,10H2,1-3H3. The molecule has 2 aromatic rings. The molecule has 0 amide bonds. The minimum absolute atomic E-state index is 0.501. The Morgan fingerprint density at radius 1 is 1.25 bits per heavy atom. The van der Waals surface area contributed by atoms with Crippen molar-refractivity contribution < 1.29 is 5.11 Å². The molecule has 0 spiro atoms. The van der Waals surface area contributed by atoms with Crippen molar-refractivity contribution in [3.8, 4) is 0 Å². The zero-order chi connectivity index (χ0) is 14.7. The minimum atomic E-state index is -0.501. The smallest absolute Gasteiger partial charge is 0.0845 e. The van der Waals surface area contributed by atoms with Crippen molar-refractivity contribution in [1.29, 1.82) is 0 Å². The first-order chi connectivity index (χ1) is 9.56. The Kier molecular flexibility index (Phi) is 5.00. The van der Waals surface area contributed by atoms with Crippen LogP contribution < -0.4 is 0 Å². The number of hydrogen-bond donors (Lipinski definition) is 1. The predicted molar refractivity (Wildman–Crippen MR) is 84.8 cm³/mol. The van der Waals surface area contributed by atoms with Gasteiger partial charge < -0.3 is 5.11 Å². The quantitative estimate of drug-likeness (QED) is 0.901. The van der Waals surface area contributed by atoms with Crippen LogP contribution in [-0.4, -0.2) is 14.9 Å². The van der Waals surface area contributed by atoms with E-state index in [0.717, 1.165) is 34.4 Å². The number of aliphatic hydroxyl groups excluding tert-OH is 1. The van der Waals surface area contributed by atoms with Gasteiger partial charge in [0.2, 0.25) is 0 Å². The summed E-state index contributed by atoms with van der Waals surface area (Å²) < 4.78 is 2.95. The average Bonchev–Trinajstić information content (AvgIpc) is 2.75. The maximum atomic E-state index is 10.4. The maximum absolute atomic E-state index is 10.4. The second kappa shape index (κ2) is 6.55. The highest BCUT2D eigenvalue weighted by atomic mass is 79.9. The molecule has 0 bridgehead atoms. The van der Waals surface area contributed by atoms with Gasteiger partial charge in [-0.2, -0.15) is 5.10 Å². The maximum Gasteiger partial charge on any atom is 0.0845 e. The van der Waals surface area contributed by atoms with Crippen LogP contribution in [0.25, 0.3) is 0 Å². The van der Waals surface area contributed by atoms with E-state index in [1.807, 2.05) is 23.7 Å². The number of aryl methyl sites for hydroxylation is 3. The van der Waals surface area contributed by atoms with Gasteiger partial charge in [0, 0.05) is 13.0 Å². The predicted octanol–water partition coefficient (Wildman–Crippen LogP) is 3.81. The van der Waals surface area contributed by atoms with E-state index in [-0.39, 0.29) is 0 Å². The first-order valence-electron chi connectivity index (χ1n) is 7.05. The molecule has 0 saturated carbocycles. The van der Waals surface area contributed by atoms with Gasteiger partial charge in [-0.1, -0.05) is 31.2 Å². The Hall–Kier alpha value is -1.13. The summed E-state index contributed by atoms with van der Waals surface area (Å²) in [4.78, 5) is 0. The minimum Gasteiger partial charge on any atom is -0.388 e. The molecule has 0 saturated heterocycles. The first-order valence-corrected chi connectivity index (χ1v) is 7.84. The molecule has 1 aromatic carbocycles. The van der Waals surface area contributed by atoms with Crippen LogP contribution in [0.5, 0.6) is 0 Å². The number of halogens is 1. The van der Waals surface area contributed by atoms with Crippen LogP contribution >= 0.6 is 15.9 Å². The van der Waals surface area contributed by atoms with E-state index in [1.165, 1.54) is 5.56 Å². The van der Waals surface area contributed by atoms with Crippen molar-refractivity contribution in [2.45, 2.75) is 46.3 Å². The van der Waals surface area contributed by atoms with Crippen LogP contribution in [0.2, 0.25) is 0 Å². The van der Waals surface area contributed by atoms with Crippen molar-refractivity contribution >= 4 is 15.9 Å². The molecule has 1 N–H and O–H groups in total. The second-order valence-electron chi connectivity index (χ2n) is 4.98. The van der Waals surface area contributed by atoms with Gasteiger partial charge >= 0.3 is 0 Å². The number of nitrogens with zero attached hydrogens (tertiary/aromatic N) is 2. The topological polar surface area (TPSA) is 38.1 Å². The fourth-order valence-corrected chi connectivity index (χ4v) is 2.79. The SMILES string of the molecule is CCc1ccc(C(O)Cc2c(Br)c(C)nn2CC)cc1. The summed E-state index contributed by atoms with van der Waals surface area (Å²) in [5.41, 5.74) is 4.26. The Morgan fingerprint density at radius 3 is 2.45 bits per heavy atom. The summed E-state index contributed by atoms with van der Waals surface area (Å²) in [5.74, 6) is 0. The third-order valence-electron chi connectivity index (χ3n) is 3.61. The van der Waals surface area contributed by atoms with Gasteiger partial charge in [0.25, 0.3) is 0 Å². The Morgan fingerprint density at radius 2 is 1.90 bits per heavy atom. The van der Waals surface area contributed by atoms with Crippen molar-refractivity contribution in [3.05, 3.63) is 51.3 Å². The zero-order valence-electron chi connectivity index (χ0n) is 12.2. The van der Waals surface area contributed by atoms with Gasteiger partial charge in [0.15, 0.2) is 0 Å². The normalized spacial score (nSPS) is 12.7. The molecule has 1 heterocycles. The molecule has 1 unspecified atom stereocenters. The summed E-state index contributed by atoms with van der Waals surface area (Å²) in [7, 11) is 0. The highest BCUT2D eigenvalue weighted by Gasteiger charge is 2.17. The fourth-order valence-electron chi connectivity index (χ4n) is 2.34. The van der Waals surface area contributed by atoms with E-state index in [0.29, 0.717) is 6.42 Å². The van der Waals surface area contributed by atoms with E-state index >= 15 is 0 Å². The van der Waals surface area contributed by atoms with E-state index in [1.54, 1.807) is 0 Å². The first kappa shape index (κ1) is 15.3. The van der Waals surface area contributed by atoms with Gasteiger partial charge in [0.05, 0.1) is 22.0 Å². The molecule has 3 nitrogen and oxygen atoms in total. The van der Waals surface area contributed by atoms with E-state index < -0.39 is 6.10 Å². The summed E-state index contributed by atoms with van der Waals surface area (Å²) in [6.07, 6.45) is 1.09. The Bertz CT molecular complexity index is 575. The van der Waals surface area contributed by atoms with Gasteiger partial charge in [0.1, 0.15) is 0 Å². The van der Waals surface area contributed by atoms with Crippen LogP contribution in [-0.2, 0) is 19.4 Å². The molecular formula is C16H21BrN2O. The van der Waals surface area contributed by atoms with E-state index in [9.17, 15) is 5.11 Å². The van der Waals surface area contributed by atoms with Crippen LogP contribution in [0.1, 0.15) is 42.5 Å². The summed E-state index contributed by atoms with van der Waals surface area (Å²) in [5, 5.41) is 14.9. The van der Waals surface area contributed by atoms with E-state index in [4.69, 9.17) is 0 Å². The summed E-state index contributed by atoms with van der Waals surface area (Å²) in [6, 6.07) is 8.18. The molecule has 2 rings (SSSR count). The molecule has 4 heteroatoms. The summed E-state index contributed by atoms with van der Waals surface area (Å²) in [6.45, 7) is 6.97. The monoisotopic (exact) mass is 336 g/mol. The molecule has 1 aromatic heterocycles. The molecular weight excluding hydrogens is 316 g/mol. The van der Waals surface area contributed by atoms with Crippen LogP contribution in [0.4, 0.5) is 0 Å². The third kappa shape index (κ3) is 3.13. The van der Waals surface area contributed by atoms with Gasteiger partial charge in [-0.15, -0.1) is 0 Å². The van der Waals surface area contributed by atoms with Gasteiger partial charge in [-0.3, -0.25) is 4.68 Å². The van der Waals surface area contributed by atoms with Crippen molar-refractivity contribution in [2.24, 2.45) is 0 Å². The number of aliphatic hydroxyl groups is 1. The van der Waals surface area contributed by atoms with Gasteiger partial charge in [-0.25, -0.2) is 0 Å². The average molecular weight is 337 g/mol. The zero-order valence-corrected chi connectivity index (χ0v) is 13.8. The number of aromatic nitrogens is 2. The van der Waals surface area contributed by atoms with Gasteiger partial charge in [-0.05, 0) is 47.3 Å². The van der Waals surface area contributed by atoms with E-state index in [2.05, 4.69) is 47.0 Å². The molecule has 0 radical (unpaired) electrons. The van der Waals surface area contributed by atoms with Crippen LogP contribution in [0.3, 0.4) is 0 Å². The van der Waals surface area contributed by atoms with Crippen molar-refractivity contribution in [2.75, 3.05) is 0 Å². The highest BCUT2D eigenvalue weighted by molar-refractivity contribution is 9.10. The lowest BCUT2D eigenvalue weighted by atomic mass is 10.0. The molecule has 0 aliphatic rings. The largest absolute Gasteiger partial charge is 0.388 e. The second-order valence-corrected chi connectivity index (χ2v) is 5.77. The van der Waals surface area contributed by atoms with Crippen molar-refractivity contribution in [3.63, 3.8) is 0 Å². The number of benzene rings is 1. The molecule has 1 atom stereocenters.